The SMILES string of the molecule is CC(C)CCNC(=O)c1ccc(N2CCN(c3ccccn3)CC2)nc1. The summed E-state index contributed by atoms with van der Waals surface area (Å²) in [5, 5.41) is 2.95. The van der Waals surface area contributed by atoms with Crippen LogP contribution in [-0.4, -0.2) is 48.6 Å². The van der Waals surface area contributed by atoms with E-state index in [0.717, 1.165) is 44.2 Å². The first-order valence-corrected chi connectivity index (χ1v) is 9.28. The van der Waals surface area contributed by atoms with Crippen molar-refractivity contribution in [3.8, 4) is 0 Å². The van der Waals surface area contributed by atoms with Crippen LogP contribution in [-0.2, 0) is 0 Å². The fourth-order valence-corrected chi connectivity index (χ4v) is 2.99. The predicted molar refractivity (Wildman–Crippen MR) is 105 cm³/mol. The molecule has 1 fully saturated rings. The number of carbonyl (C=O) groups is 1. The fourth-order valence-electron chi connectivity index (χ4n) is 2.99. The molecule has 6 nitrogen and oxygen atoms in total. The number of pyridine rings is 2. The highest BCUT2D eigenvalue weighted by Gasteiger charge is 2.19. The minimum absolute atomic E-state index is 0.0512. The summed E-state index contributed by atoms with van der Waals surface area (Å²) in [6.45, 7) is 8.61. The van der Waals surface area contributed by atoms with E-state index in [2.05, 4.69) is 38.9 Å². The molecular formula is C20H27N5O. The summed E-state index contributed by atoms with van der Waals surface area (Å²) in [6.07, 6.45) is 4.48. The molecule has 1 saturated heterocycles. The summed E-state index contributed by atoms with van der Waals surface area (Å²) >= 11 is 0. The molecule has 1 N–H and O–H groups in total. The van der Waals surface area contributed by atoms with Gasteiger partial charge in [-0.2, -0.15) is 0 Å². The number of amides is 1. The lowest BCUT2D eigenvalue weighted by atomic mass is 10.1. The molecule has 3 rings (SSSR count). The van der Waals surface area contributed by atoms with Crippen LogP contribution in [0.5, 0.6) is 0 Å². The van der Waals surface area contributed by atoms with Crippen molar-refractivity contribution in [3.05, 3.63) is 48.3 Å². The van der Waals surface area contributed by atoms with Gasteiger partial charge in [-0.15, -0.1) is 0 Å². The van der Waals surface area contributed by atoms with Gasteiger partial charge in [0.1, 0.15) is 11.6 Å². The molecule has 0 saturated carbocycles. The zero-order chi connectivity index (χ0) is 18.4. The highest BCUT2D eigenvalue weighted by molar-refractivity contribution is 5.94. The van der Waals surface area contributed by atoms with E-state index in [4.69, 9.17) is 0 Å². The molecule has 6 heteroatoms. The van der Waals surface area contributed by atoms with Gasteiger partial charge >= 0.3 is 0 Å². The van der Waals surface area contributed by atoms with Gasteiger partial charge in [0, 0.05) is 45.1 Å². The van der Waals surface area contributed by atoms with E-state index in [9.17, 15) is 4.79 Å². The summed E-state index contributed by atoms with van der Waals surface area (Å²) in [7, 11) is 0. The van der Waals surface area contributed by atoms with Crippen molar-refractivity contribution in [1.82, 2.24) is 15.3 Å². The van der Waals surface area contributed by atoms with Crippen LogP contribution < -0.4 is 15.1 Å². The second-order valence-electron chi connectivity index (χ2n) is 7.01. The lowest BCUT2D eigenvalue weighted by Crippen LogP contribution is -2.47. The summed E-state index contributed by atoms with van der Waals surface area (Å²) in [5.74, 6) is 2.48. The molecule has 138 valence electrons. The Kier molecular flexibility index (Phi) is 6.04. The number of hydrogen-bond donors (Lipinski definition) is 1. The Labute approximate surface area is 155 Å². The Morgan fingerprint density at radius 1 is 1.04 bits per heavy atom. The van der Waals surface area contributed by atoms with Crippen molar-refractivity contribution in [2.75, 3.05) is 42.5 Å². The Hall–Kier alpha value is -2.63. The predicted octanol–water partition coefficient (Wildman–Crippen LogP) is 2.58. The average Bonchev–Trinajstić information content (AvgIpc) is 2.68. The normalized spacial score (nSPS) is 14.6. The van der Waals surface area contributed by atoms with E-state index in [-0.39, 0.29) is 5.91 Å². The minimum atomic E-state index is -0.0512. The van der Waals surface area contributed by atoms with Crippen LogP contribution in [0.25, 0.3) is 0 Å². The molecule has 1 aliphatic rings. The first-order valence-electron chi connectivity index (χ1n) is 9.28. The van der Waals surface area contributed by atoms with Crippen molar-refractivity contribution in [3.63, 3.8) is 0 Å². The number of rotatable bonds is 6. The van der Waals surface area contributed by atoms with Gasteiger partial charge in [-0.3, -0.25) is 4.79 Å². The molecule has 0 bridgehead atoms. The number of nitrogens with one attached hydrogen (secondary N) is 1. The molecule has 0 radical (unpaired) electrons. The van der Waals surface area contributed by atoms with Crippen LogP contribution in [0, 0.1) is 5.92 Å². The zero-order valence-corrected chi connectivity index (χ0v) is 15.6. The lowest BCUT2D eigenvalue weighted by molar-refractivity contribution is 0.0951. The maximum absolute atomic E-state index is 12.1. The van der Waals surface area contributed by atoms with Crippen molar-refractivity contribution >= 4 is 17.5 Å². The Morgan fingerprint density at radius 3 is 2.27 bits per heavy atom. The number of carbonyl (C=O) groups excluding carboxylic acids is 1. The number of nitrogens with zero attached hydrogens (tertiary/aromatic N) is 4. The summed E-state index contributed by atoms with van der Waals surface area (Å²) < 4.78 is 0. The first kappa shape index (κ1) is 18.2. The highest BCUT2D eigenvalue weighted by Crippen LogP contribution is 2.17. The minimum Gasteiger partial charge on any atom is -0.353 e. The van der Waals surface area contributed by atoms with Gasteiger partial charge in [0.05, 0.1) is 5.56 Å². The maximum atomic E-state index is 12.1. The molecule has 0 unspecified atom stereocenters. The monoisotopic (exact) mass is 353 g/mol. The first-order chi connectivity index (χ1) is 12.6. The molecule has 0 spiro atoms. The molecule has 0 aliphatic carbocycles. The second-order valence-corrected chi connectivity index (χ2v) is 7.01. The van der Waals surface area contributed by atoms with Gasteiger partial charge in [-0.1, -0.05) is 19.9 Å². The quantitative estimate of drug-likeness (QED) is 0.865. The molecule has 0 atom stereocenters. The molecular weight excluding hydrogens is 326 g/mol. The third-order valence-electron chi connectivity index (χ3n) is 4.59. The van der Waals surface area contributed by atoms with E-state index >= 15 is 0 Å². The summed E-state index contributed by atoms with van der Waals surface area (Å²) in [6, 6.07) is 9.79. The Bertz CT molecular complexity index is 694. The van der Waals surface area contributed by atoms with Gasteiger partial charge in [0.15, 0.2) is 0 Å². The number of anilines is 2. The van der Waals surface area contributed by atoms with Crippen molar-refractivity contribution < 1.29 is 4.79 Å². The maximum Gasteiger partial charge on any atom is 0.252 e. The topological polar surface area (TPSA) is 61.4 Å². The van der Waals surface area contributed by atoms with Gasteiger partial charge in [0.2, 0.25) is 0 Å². The standard InChI is InChI=1S/C20H27N5O/c1-16(2)8-10-22-20(26)17-6-7-19(23-15-17)25-13-11-24(12-14-25)18-5-3-4-9-21-18/h3-7,9,15-16H,8,10-14H2,1-2H3,(H,22,26). The van der Waals surface area contributed by atoms with Crippen molar-refractivity contribution in [2.45, 2.75) is 20.3 Å². The third kappa shape index (κ3) is 4.71. The fraction of sp³-hybridized carbons (Fsp3) is 0.450. The van der Waals surface area contributed by atoms with Gasteiger partial charge < -0.3 is 15.1 Å². The van der Waals surface area contributed by atoms with Crippen LogP contribution in [0.3, 0.4) is 0 Å². The molecule has 1 amide bonds. The number of hydrogen-bond acceptors (Lipinski definition) is 5. The molecule has 3 heterocycles. The van der Waals surface area contributed by atoms with Crippen LogP contribution in [0.1, 0.15) is 30.6 Å². The van der Waals surface area contributed by atoms with E-state index in [1.165, 1.54) is 0 Å². The Morgan fingerprint density at radius 2 is 1.73 bits per heavy atom. The average molecular weight is 353 g/mol. The molecule has 26 heavy (non-hydrogen) atoms. The Balaban J connectivity index is 1.52. The largest absolute Gasteiger partial charge is 0.353 e. The lowest BCUT2D eigenvalue weighted by Gasteiger charge is -2.36. The van der Waals surface area contributed by atoms with E-state index < -0.39 is 0 Å². The van der Waals surface area contributed by atoms with Gasteiger partial charge in [-0.05, 0) is 36.6 Å². The number of piperazine rings is 1. The van der Waals surface area contributed by atoms with Gasteiger partial charge in [0.25, 0.3) is 5.91 Å². The number of aromatic nitrogens is 2. The molecule has 0 aromatic carbocycles. The van der Waals surface area contributed by atoms with Crippen LogP contribution >= 0.6 is 0 Å². The van der Waals surface area contributed by atoms with Crippen molar-refractivity contribution in [1.29, 1.82) is 0 Å². The summed E-state index contributed by atoms with van der Waals surface area (Å²) in [5.41, 5.74) is 0.615. The molecule has 2 aromatic rings. The molecule has 2 aromatic heterocycles. The zero-order valence-electron chi connectivity index (χ0n) is 15.6. The van der Waals surface area contributed by atoms with Gasteiger partial charge in [-0.25, -0.2) is 9.97 Å². The second kappa shape index (κ2) is 8.65. The highest BCUT2D eigenvalue weighted by atomic mass is 16.1. The van der Waals surface area contributed by atoms with Crippen LogP contribution in [0.4, 0.5) is 11.6 Å². The van der Waals surface area contributed by atoms with Crippen LogP contribution in [0.2, 0.25) is 0 Å². The van der Waals surface area contributed by atoms with Crippen molar-refractivity contribution in [2.24, 2.45) is 5.92 Å². The molecule has 1 aliphatic heterocycles. The smallest absolute Gasteiger partial charge is 0.252 e. The van der Waals surface area contributed by atoms with Crippen LogP contribution in [0.15, 0.2) is 42.7 Å². The van der Waals surface area contributed by atoms with E-state index in [1.807, 2.05) is 36.5 Å². The summed E-state index contributed by atoms with van der Waals surface area (Å²) in [4.78, 5) is 25.6. The van der Waals surface area contributed by atoms with E-state index in [1.54, 1.807) is 6.20 Å². The van der Waals surface area contributed by atoms with E-state index in [0.29, 0.717) is 18.0 Å². The third-order valence-corrected chi connectivity index (χ3v) is 4.59.